The van der Waals surface area contributed by atoms with Gasteiger partial charge in [-0.1, -0.05) is 13.0 Å². The molecule has 2 rings (SSSR count). The lowest BCUT2D eigenvalue weighted by Gasteiger charge is -2.22. The maximum absolute atomic E-state index is 4.23. The SMILES string of the molecule is CCCNCc1cnccc1N(C)Cc1cccnc1. The van der Waals surface area contributed by atoms with E-state index < -0.39 is 0 Å². The van der Waals surface area contributed by atoms with Crippen molar-refractivity contribution in [3.8, 4) is 0 Å². The molecule has 0 fully saturated rings. The molecule has 4 heteroatoms. The molecule has 0 amide bonds. The van der Waals surface area contributed by atoms with Crippen LogP contribution in [0.3, 0.4) is 0 Å². The van der Waals surface area contributed by atoms with Crippen molar-refractivity contribution < 1.29 is 0 Å². The highest BCUT2D eigenvalue weighted by atomic mass is 15.1. The third-order valence-corrected chi connectivity index (χ3v) is 3.17. The fourth-order valence-electron chi connectivity index (χ4n) is 2.18. The Morgan fingerprint density at radius 3 is 2.75 bits per heavy atom. The monoisotopic (exact) mass is 270 g/mol. The van der Waals surface area contributed by atoms with E-state index in [0.29, 0.717) is 0 Å². The van der Waals surface area contributed by atoms with E-state index in [-0.39, 0.29) is 0 Å². The molecular formula is C16H22N4. The molecule has 106 valence electrons. The topological polar surface area (TPSA) is 41.1 Å². The Bertz CT molecular complexity index is 513. The van der Waals surface area contributed by atoms with Crippen molar-refractivity contribution in [3.05, 3.63) is 54.1 Å². The van der Waals surface area contributed by atoms with Crippen LogP contribution in [0.1, 0.15) is 24.5 Å². The number of hydrogen-bond acceptors (Lipinski definition) is 4. The lowest BCUT2D eigenvalue weighted by atomic mass is 10.2. The summed E-state index contributed by atoms with van der Waals surface area (Å²) in [5.41, 5.74) is 3.65. The predicted molar refractivity (Wildman–Crippen MR) is 82.6 cm³/mol. The van der Waals surface area contributed by atoms with E-state index in [1.807, 2.05) is 24.7 Å². The van der Waals surface area contributed by atoms with Crippen LogP contribution in [0.15, 0.2) is 43.0 Å². The molecule has 0 unspecified atom stereocenters. The van der Waals surface area contributed by atoms with Crippen LogP contribution in [-0.4, -0.2) is 23.6 Å². The van der Waals surface area contributed by atoms with E-state index in [0.717, 1.165) is 26.1 Å². The van der Waals surface area contributed by atoms with E-state index in [2.05, 4.69) is 46.3 Å². The van der Waals surface area contributed by atoms with Crippen LogP contribution in [0.4, 0.5) is 5.69 Å². The van der Waals surface area contributed by atoms with Gasteiger partial charge in [-0.05, 0) is 30.7 Å². The summed E-state index contributed by atoms with van der Waals surface area (Å²) < 4.78 is 0. The van der Waals surface area contributed by atoms with Crippen molar-refractivity contribution in [3.63, 3.8) is 0 Å². The highest BCUT2D eigenvalue weighted by Gasteiger charge is 2.07. The number of aromatic nitrogens is 2. The van der Waals surface area contributed by atoms with Gasteiger partial charge in [0.2, 0.25) is 0 Å². The van der Waals surface area contributed by atoms with E-state index >= 15 is 0 Å². The zero-order valence-corrected chi connectivity index (χ0v) is 12.2. The van der Waals surface area contributed by atoms with Gasteiger partial charge in [-0.3, -0.25) is 9.97 Å². The Morgan fingerprint density at radius 2 is 2.00 bits per heavy atom. The van der Waals surface area contributed by atoms with Crippen molar-refractivity contribution in [2.45, 2.75) is 26.4 Å². The zero-order valence-electron chi connectivity index (χ0n) is 12.2. The molecule has 0 aliphatic rings. The fourth-order valence-corrected chi connectivity index (χ4v) is 2.18. The number of nitrogens with one attached hydrogen (secondary N) is 1. The van der Waals surface area contributed by atoms with Gasteiger partial charge in [0.1, 0.15) is 0 Å². The van der Waals surface area contributed by atoms with Crippen LogP contribution in [0, 0.1) is 0 Å². The molecule has 0 aromatic carbocycles. The van der Waals surface area contributed by atoms with Gasteiger partial charge in [-0.25, -0.2) is 0 Å². The minimum absolute atomic E-state index is 0.846. The highest BCUT2D eigenvalue weighted by molar-refractivity contribution is 5.51. The predicted octanol–water partition coefficient (Wildman–Crippen LogP) is 2.61. The first kappa shape index (κ1) is 14.5. The average Bonchev–Trinajstić information content (AvgIpc) is 2.49. The number of pyridine rings is 2. The van der Waals surface area contributed by atoms with Crippen LogP contribution in [0.5, 0.6) is 0 Å². The largest absolute Gasteiger partial charge is 0.370 e. The van der Waals surface area contributed by atoms with Crippen molar-refractivity contribution in [2.75, 3.05) is 18.5 Å². The van der Waals surface area contributed by atoms with E-state index in [9.17, 15) is 0 Å². The smallest absolute Gasteiger partial charge is 0.0443 e. The van der Waals surface area contributed by atoms with Gasteiger partial charge in [-0.2, -0.15) is 0 Å². The summed E-state index contributed by atoms with van der Waals surface area (Å²) in [7, 11) is 2.10. The van der Waals surface area contributed by atoms with E-state index in [1.54, 1.807) is 6.20 Å². The van der Waals surface area contributed by atoms with Gasteiger partial charge in [0.25, 0.3) is 0 Å². The molecule has 0 saturated heterocycles. The quantitative estimate of drug-likeness (QED) is 0.785. The molecule has 2 aromatic heterocycles. The lowest BCUT2D eigenvalue weighted by molar-refractivity contribution is 0.672. The molecule has 0 radical (unpaired) electrons. The molecule has 1 N–H and O–H groups in total. The van der Waals surface area contributed by atoms with Crippen LogP contribution >= 0.6 is 0 Å². The van der Waals surface area contributed by atoms with Crippen LogP contribution < -0.4 is 10.2 Å². The molecule has 0 bridgehead atoms. The summed E-state index contributed by atoms with van der Waals surface area (Å²) in [5, 5.41) is 3.43. The van der Waals surface area contributed by atoms with Gasteiger partial charge in [0, 0.05) is 56.2 Å². The van der Waals surface area contributed by atoms with Crippen molar-refractivity contribution in [2.24, 2.45) is 0 Å². The number of anilines is 1. The summed E-state index contributed by atoms with van der Waals surface area (Å²) in [6, 6.07) is 6.14. The van der Waals surface area contributed by atoms with Gasteiger partial charge >= 0.3 is 0 Å². The Labute approximate surface area is 120 Å². The number of rotatable bonds is 7. The second-order valence-electron chi connectivity index (χ2n) is 4.90. The molecule has 0 saturated carbocycles. The fraction of sp³-hybridized carbons (Fsp3) is 0.375. The second kappa shape index (κ2) is 7.60. The first-order chi connectivity index (χ1) is 9.81. The number of nitrogens with zero attached hydrogens (tertiary/aromatic N) is 3. The van der Waals surface area contributed by atoms with Gasteiger partial charge in [0.05, 0.1) is 0 Å². The van der Waals surface area contributed by atoms with Gasteiger partial charge in [0.15, 0.2) is 0 Å². The number of hydrogen-bond donors (Lipinski definition) is 1. The molecule has 4 nitrogen and oxygen atoms in total. The molecule has 20 heavy (non-hydrogen) atoms. The minimum Gasteiger partial charge on any atom is -0.370 e. The van der Waals surface area contributed by atoms with Crippen molar-refractivity contribution >= 4 is 5.69 Å². The Kier molecular flexibility index (Phi) is 5.50. The maximum atomic E-state index is 4.23. The first-order valence-corrected chi connectivity index (χ1v) is 7.05. The Morgan fingerprint density at radius 1 is 1.15 bits per heavy atom. The third-order valence-electron chi connectivity index (χ3n) is 3.17. The molecule has 0 atom stereocenters. The van der Waals surface area contributed by atoms with Crippen LogP contribution in [-0.2, 0) is 13.1 Å². The molecular weight excluding hydrogens is 248 g/mol. The Balaban J connectivity index is 2.07. The second-order valence-corrected chi connectivity index (χ2v) is 4.90. The zero-order chi connectivity index (χ0) is 14.2. The lowest BCUT2D eigenvalue weighted by Crippen LogP contribution is -2.21. The van der Waals surface area contributed by atoms with Crippen LogP contribution in [0.25, 0.3) is 0 Å². The summed E-state index contributed by atoms with van der Waals surface area (Å²) in [6.07, 6.45) is 8.64. The standard InChI is InChI=1S/C16H22N4/c1-3-7-17-11-15-12-19-9-6-16(15)20(2)13-14-5-4-8-18-10-14/h4-6,8-10,12,17H,3,7,11,13H2,1-2H3. The van der Waals surface area contributed by atoms with Crippen LogP contribution in [0.2, 0.25) is 0 Å². The van der Waals surface area contributed by atoms with E-state index in [1.165, 1.54) is 16.8 Å². The summed E-state index contributed by atoms with van der Waals surface area (Å²) in [4.78, 5) is 10.6. The molecule has 0 spiro atoms. The first-order valence-electron chi connectivity index (χ1n) is 7.05. The third kappa shape index (κ3) is 4.03. The highest BCUT2D eigenvalue weighted by Crippen LogP contribution is 2.19. The van der Waals surface area contributed by atoms with Crippen molar-refractivity contribution in [1.29, 1.82) is 0 Å². The minimum atomic E-state index is 0.846. The molecule has 2 heterocycles. The molecule has 0 aliphatic carbocycles. The van der Waals surface area contributed by atoms with E-state index in [4.69, 9.17) is 0 Å². The normalized spacial score (nSPS) is 10.5. The average molecular weight is 270 g/mol. The Hall–Kier alpha value is -1.94. The van der Waals surface area contributed by atoms with Gasteiger partial charge in [-0.15, -0.1) is 0 Å². The summed E-state index contributed by atoms with van der Waals surface area (Å²) >= 11 is 0. The summed E-state index contributed by atoms with van der Waals surface area (Å²) in [6.45, 7) is 4.90. The van der Waals surface area contributed by atoms with Crippen molar-refractivity contribution in [1.82, 2.24) is 15.3 Å². The molecule has 0 aliphatic heterocycles. The molecule has 2 aromatic rings. The maximum Gasteiger partial charge on any atom is 0.0443 e. The van der Waals surface area contributed by atoms with Gasteiger partial charge < -0.3 is 10.2 Å². The summed E-state index contributed by atoms with van der Waals surface area (Å²) in [5.74, 6) is 0.